The molecule has 2 aromatic rings. The van der Waals surface area contributed by atoms with E-state index in [4.69, 9.17) is 0 Å². The van der Waals surface area contributed by atoms with E-state index in [1.807, 2.05) is 45.0 Å². The molecule has 0 aliphatic heterocycles. The fourth-order valence-electron chi connectivity index (χ4n) is 1.98. The zero-order valence-corrected chi connectivity index (χ0v) is 12.7. The van der Waals surface area contributed by atoms with Crippen molar-refractivity contribution in [1.29, 1.82) is 0 Å². The number of aryl methyl sites for hydroxylation is 2. The van der Waals surface area contributed by atoms with Crippen LogP contribution >= 0.6 is 0 Å². The molecule has 1 heterocycles. The van der Waals surface area contributed by atoms with Gasteiger partial charge in [0, 0.05) is 13.0 Å². The summed E-state index contributed by atoms with van der Waals surface area (Å²) in [4.78, 5) is 6.92. The van der Waals surface area contributed by atoms with Crippen LogP contribution in [0.15, 0.2) is 35.5 Å². The van der Waals surface area contributed by atoms with Crippen LogP contribution in [-0.2, 0) is 16.4 Å². The fraction of sp³-hybridized carbons (Fsp3) is 0.357. The molecule has 1 N–H and O–H groups in total. The van der Waals surface area contributed by atoms with Gasteiger partial charge in [0.15, 0.2) is 5.03 Å². The van der Waals surface area contributed by atoms with Gasteiger partial charge in [0.05, 0.1) is 11.9 Å². The van der Waals surface area contributed by atoms with Crippen LogP contribution in [0.5, 0.6) is 0 Å². The lowest BCUT2D eigenvalue weighted by Crippen LogP contribution is -2.31. The number of aromatic nitrogens is 2. The van der Waals surface area contributed by atoms with E-state index < -0.39 is 10.0 Å². The second-order valence-corrected chi connectivity index (χ2v) is 6.38. The van der Waals surface area contributed by atoms with Crippen LogP contribution in [0, 0.1) is 6.92 Å². The minimum atomic E-state index is -3.59. The first-order valence-corrected chi connectivity index (χ1v) is 8.06. The molecule has 0 saturated heterocycles. The van der Waals surface area contributed by atoms with Crippen molar-refractivity contribution < 1.29 is 8.42 Å². The Morgan fingerprint density at radius 2 is 1.85 bits per heavy atom. The van der Waals surface area contributed by atoms with Crippen molar-refractivity contribution in [2.75, 3.05) is 10.8 Å². The smallest absolute Gasteiger partial charge is 0.281 e. The van der Waals surface area contributed by atoms with E-state index >= 15 is 0 Å². The first-order chi connectivity index (χ1) is 9.48. The van der Waals surface area contributed by atoms with Crippen LogP contribution in [0.3, 0.4) is 0 Å². The predicted molar refractivity (Wildman–Crippen MR) is 79.4 cm³/mol. The van der Waals surface area contributed by atoms with E-state index in [0.29, 0.717) is 24.5 Å². The Balaban J connectivity index is 2.41. The topological polar surface area (TPSA) is 66.1 Å². The summed E-state index contributed by atoms with van der Waals surface area (Å²) >= 11 is 0. The Morgan fingerprint density at radius 3 is 2.35 bits per heavy atom. The van der Waals surface area contributed by atoms with Crippen molar-refractivity contribution in [1.82, 2.24) is 9.97 Å². The zero-order valence-electron chi connectivity index (χ0n) is 11.9. The average Bonchev–Trinajstić information content (AvgIpc) is 2.91. The van der Waals surface area contributed by atoms with Gasteiger partial charge in [0.2, 0.25) is 0 Å². The molecule has 2 rings (SSSR count). The van der Waals surface area contributed by atoms with E-state index in [-0.39, 0.29) is 5.03 Å². The number of nitrogens with zero attached hydrogens (tertiary/aromatic N) is 2. The summed E-state index contributed by atoms with van der Waals surface area (Å²) in [6.07, 6.45) is 2.05. The number of nitrogens with one attached hydrogen (secondary N) is 1. The maximum Gasteiger partial charge on any atom is 0.281 e. The molecular weight excluding hydrogens is 274 g/mol. The number of benzene rings is 1. The van der Waals surface area contributed by atoms with Crippen molar-refractivity contribution >= 4 is 15.7 Å². The van der Waals surface area contributed by atoms with Crippen LogP contribution < -0.4 is 4.31 Å². The molecule has 108 valence electrons. The van der Waals surface area contributed by atoms with Crippen LogP contribution in [0.2, 0.25) is 0 Å². The van der Waals surface area contributed by atoms with E-state index in [2.05, 4.69) is 9.97 Å². The molecule has 6 heteroatoms. The third kappa shape index (κ3) is 2.70. The summed E-state index contributed by atoms with van der Waals surface area (Å²) in [5, 5.41) is 0.136. The average molecular weight is 293 g/mol. The molecule has 0 aliphatic carbocycles. The number of aromatic amines is 1. The van der Waals surface area contributed by atoms with Crippen LogP contribution in [0.25, 0.3) is 0 Å². The first kappa shape index (κ1) is 14.6. The molecule has 0 unspecified atom stereocenters. The molecule has 0 bridgehead atoms. The quantitative estimate of drug-likeness (QED) is 0.921. The van der Waals surface area contributed by atoms with Gasteiger partial charge in [0.25, 0.3) is 10.0 Å². The molecule has 5 nitrogen and oxygen atoms in total. The number of hydrogen-bond donors (Lipinski definition) is 1. The number of H-pyrrole nitrogens is 1. The highest BCUT2D eigenvalue weighted by molar-refractivity contribution is 7.92. The van der Waals surface area contributed by atoms with Crippen molar-refractivity contribution in [3.8, 4) is 0 Å². The highest BCUT2D eigenvalue weighted by Crippen LogP contribution is 2.22. The molecule has 0 radical (unpaired) electrons. The number of hydrogen-bond acceptors (Lipinski definition) is 3. The molecule has 0 atom stereocenters. The number of imidazole rings is 1. The van der Waals surface area contributed by atoms with Gasteiger partial charge in [-0.25, -0.2) is 4.98 Å². The van der Waals surface area contributed by atoms with Crippen LogP contribution in [0.1, 0.15) is 25.2 Å². The Kier molecular flexibility index (Phi) is 4.13. The Bertz CT molecular complexity index is 675. The van der Waals surface area contributed by atoms with E-state index in [0.717, 1.165) is 5.56 Å². The van der Waals surface area contributed by atoms with Gasteiger partial charge in [-0.3, -0.25) is 4.31 Å². The molecule has 0 aliphatic rings. The van der Waals surface area contributed by atoms with E-state index in [9.17, 15) is 8.42 Å². The molecule has 20 heavy (non-hydrogen) atoms. The Hall–Kier alpha value is -1.82. The minimum Gasteiger partial charge on any atom is -0.332 e. The number of rotatable bonds is 5. The Morgan fingerprint density at radius 1 is 1.20 bits per heavy atom. The number of sulfonamides is 1. The molecule has 0 spiro atoms. The van der Waals surface area contributed by atoms with Gasteiger partial charge in [-0.1, -0.05) is 24.6 Å². The van der Waals surface area contributed by atoms with E-state index in [1.54, 1.807) is 0 Å². The third-order valence-corrected chi connectivity index (χ3v) is 4.93. The second-order valence-electron chi connectivity index (χ2n) is 4.55. The molecule has 0 fully saturated rings. The Labute approximate surface area is 119 Å². The van der Waals surface area contributed by atoms with Gasteiger partial charge in [0.1, 0.15) is 5.82 Å². The lowest BCUT2D eigenvalue weighted by Gasteiger charge is -2.22. The summed E-state index contributed by atoms with van der Waals surface area (Å²) in [6.45, 7) is 6.07. The second kappa shape index (κ2) is 5.66. The molecule has 1 aromatic heterocycles. The molecule has 0 amide bonds. The third-order valence-electron chi connectivity index (χ3n) is 3.12. The molecular formula is C14H19N3O2S. The minimum absolute atomic E-state index is 0.136. The van der Waals surface area contributed by atoms with Crippen LogP contribution in [-0.4, -0.2) is 24.9 Å². The number of anilines is 1. The van der Waals surface area contributed by atoms with E-state index in [1.165, 1.54) is 10.5 Å². The normalized spacial score (nSPS) is 11.6. The lowest BCUT2D eigenvalue weighted by atomic mass is 10.2. The molecule has 1 aromatic carbocycles. The summed E-state index contributed by atoms with van der Waals surface area (Å²) in [5.41, 5.74) is 1.75. The summed E-state index contributed by atoms with van der Waals surface area (Å²) in [5.74, 6) is 0.670. The monoisotopic (exact) mass is 293 g/mol. The van der Waals surface area contributed by atoms with Crippen molar-refractivity contribution in [3.05, 3.63) is 41.9 Å². The summed E-state index contributed by atoms with van der Waals surface area (Å²) in [6, 6.07) is 7.43. The van der Waals surface area contributed by atoms with Gasteiger partial charge < -0.3 is 4.98 Å². The lowest BCUT2D eigenvalue weighted by molar-refractivity contribution is 0.588. The van der Waals surface area contributed by atoms with Crippen molar-refractivity contribution in [2.45, 2.75) is 32.2 Å². The fourth-order valence-corrected chi connectivity index (χ4v) is 3.38. The van der Waals surface area contributed by atoms with Crippen LogP contribution in [0.4, 0.5) is 5.69 Å². The maximum absolute atomic E-state index is 12.6. The van der Waals surface area contributed by atoms with Crippen molar-refractivity contribution in [2.24, 2.45) is 0 Å². The largest absolute Gasteiger partial charge is 0.332 e. The molecule has 0 saturated carbocycles. The maximum atomic E-state index is 12.6. The van der Waals surface area contributed by atoms with Gasteiger partial charge in [-0.2, -0.15) is 8.42 Å². The standard InChI is InChI=1S/C14H19N3O2S/c1-4-13-15-10-14(16-13)20(18,19)17(5-2)12-8-6-11(3)7-9-12/h6-10H,4-5H2,1-3H3,(H,15,16). The summed E-state index contributed by atoms with van der Waals surface area (Å²) < 4.78 is 26.6. The summed E-state index contributed by atoms with van der Waals surface area (Å²) in [7, 11) is -3.59. The van der Waals surface area contributed by atoms with Crippen molar-refractivity contribution in [3.63, 3.8) is 0 Å². The highest BCUT2D eigenvalue weighted by Gasteiger charge is 2.25. The highest BCUT2D eigenvalue weighted by atomic mass is 32.2. The van der Waals surface area contributed by atoms with Gasteiger partial charge in [-0.05, 0) is 26.0 Å². The first-order valence-electron chi connectivity index (χ1n) is 6.62. The SMILES string of the molecule is CCc1ncc(S(=O)(=O)N(CC)c2ccc(C)cc2)[nH]1. The van der Waals surface area contributed by atoms with Gasteiger partial charge >= 0.3 is 0 Å². The predicted octanol–water partition coefficient (Wildman–Crippen LogP) is 2.50. The zero-order chi connectivity index (χ0) is 14.8. The van der Waals surface area contributed by atoms with Gasteiger partial charge in [-0.15, -0.1) is 0 Å².